The maximum atomic E-state index is 12.0. The third kappa shape index (κ3) is 7.16. The number of rotatable bonds is 6. The van der Waals surface area contributed by atoms with Crippen LogP contribution in [0.3, 0.4) is 0 Å². The van der Waals surface area contributed by atoms with Gasteiger partial charge >= 0.3 is 6.36 Å². The summed E-state index contributed by atoms with van der Waals surface area (Å²) < 4.78 is 39.6. The second kappa shape index (κ2) is 6.93. The average molecular weight is 305 g/mol. The van der Waals surface area contributed by atoms with E-state index in [0.717, 1.165) is 12.1 Å². The second-order valence-electron chi connectivity index (χ2n) is 4.26. The minimum atomic E-state index is -4.76. The predicted octanol–water partition coefficient (Wildman–Crippen LogP) is 0.941. The first-order valence-corrected chi connectivity index (χ1v) is 5.78. The van der Waals surface area contributed by atoms with E-state index in [0.29, 0.717) is 5.69 Å². The topological polar surface area (TPSA) is 84.7 Å². The van der Waals surface area contributed by atoms with E-state index in [2.05, 4.69) is 10.1 Å². The van der Waals surface area contributed by atoms with Crippen LogP contribution in [0, 0.1) is 0 Å². The summed E-state index contributed by atoms with van der Waals surface area (Å²) in [6.07, 6.45) is -4.76. The molecule has 21 heavy (non-hydrogen) atoms. The number of carbonyl (C=O) groups excluding carboxylic acids is 2. The van der Waals surface area contributed by atoms with E-state index in [1.54, 1.807) is 0 Å². The monoisotopic (exact) mass is 305 g/mol. The van der Waals surface area contributed by atoms with Crippen LogP contribution in [0.5, 0.6) is 5.75 Å². The SMILES string of the molecule is CN(CC(N)=O)CC(=O)Nc1ccc(OC(F)(F)F)cc1. The Balaban J connectivity index is 2.52. The largest absolute Gasteiger partial charge is 0.573 e. The number of benzene rings is 1. The van der Waals surface area contributed by atoms with Crippen molar-refractivity contribution >= 4 is 17.5 Å². The van der Waals surface area contributed by atoms with Crippen LogP contribution in [0.15, 0.2) is 24.3 Å². The minimum Gasteiger partial charge on any atom is -0.406 e. The summed E-state index contributed by atoms with van der Waals surface area (Å²) in [6, 6.07) is 4.70. The van der Waals surface area contributed by atoms with E-state index in [4.69, 9.17) is 5.73 Å². The summed E-state index contributed by atoms with van der Waals surface area (Å²) in [5.74, 6) is -1.38. The summed E-state index contributed by atoms with van der Waals surface area (Å²) in [6.45, 7) is -0.157. The van der Waals surface area contributed by atoms with Gasteiger partial charge in [0, 0.05) is 5.69 Å². The molecule has 0 unspecified atom stereocenters. The predicted molar refractivity (Wildman–Crippen MR) is 68.4 cm³/mol. The van der Waals surface area contributed by atoms with Gasteiger partial charge in [-0.3, -0.25) is 14.5 Å². The summed E-state index contributed by atoms with van der Waals surface area (Å²) in [4.78, 5) is 23.6. The zero-order valence-corrected chi connectivity index (χ0v) is 11.1. The highest BCUT2D eigenvalue weighted by atomic mass is 19.4. The molecule has 1 aromatic carbocycles. The highest BCUT2D eigenvalue weighted by Gasteiger charge is 2.30. The molecule has 1 rings (SSSR count). The molecule has 0 aliphatic carbocycles. The van der Waals surface area contributed by atoms with E-state index >= 15 is 0 Å². The fourth-order valence-corrected chi connectivity index (χ4v) is 1.51. The highest BCUT2D eigenvalue weighted by Crippen LogP contribution is 2.23. The van der Waals surface area contributed by atoms with Gasteiger partial charge in [-0.15, -0.1) is 13.2 Å². The fraction of sp³-hybridized carbons (Fsp3) is 0.333. The van der Waals surface area contributed by atoms with Crippen molar-refractivity contribution in [2.45, 2.75) is 6.36 Å². The molecule has 116 valence electrons. The number of likely N-dealkylation sites (N-methyl/N-ethyl adjacent to an activating group) is 1. The van der Waals surface area contributed by atoms with Crippen LogP contribution >= 0.6 is 0 Å². The van der Waals surface area contributed by atoms with Gasteiger partial charge in [0.1, 0.15) is 5.75 Å². The number of halogens is 3. The first-order valence-electron chi connectivity index (χ1n) is 5.78. The highest BCUT2D eigenvalue weighted by molar-refractivity contribution is 5.92. The molecule has 0 aliphatic heterocycles. The minimum absolute atomic E-state index is 0.0776. The Kier molecular flexibility index (Phi) is 5.53. The van der Waals surface area contributed by atoms with Crippen LogP contribution in [0.1, 0.15) is 0 Å². The van der Waals surface area contributed by atoms with Crippen molar-refractivity contribution in [3.63, 3.8) is 0 Å². The molecule has 0 heterocycles. The molecule has 0 fully saturated rings. The van der Waals surface area contributed by atoms with Crippen molar-refractivity contribution in [1.82, 2.24) is 4.90 Å². The van der Waals surface area contributed by atoms with Crippen LogP contribution in [0.4, 0.5) is 18.9 Å². The van der Waals surface area contributed by atoms with Gasteiger partial charge in [0.15, 0.2) is 0 Å². The summed E-state index contributed by atoms with van der Waals surface area (Å²) in [5.41, 5.74) is 5.28. The lowest BCUT2D eigenvalue weighted by Gasteiger charge is -2.14. The smallest absolute Gasteiger partial charge is 0.406 e. The molecular weight excluding hydrogens is 291 g/mol. The van der Waals surface area contributed by atoms with E-state index in [-0.39, 0.29) is 18.8 Å². The number of hydrogen-bond acceptors (Lipinski definition) is 4. The molecule has 0 saturated carbocycles. The number of nitrogens with zero attached hydrogens (tertiary/aromatic N) is 1. The molecule has 0 atom stereocenters. The molecule has 2 amide bonds. The maximum absolute atomic E-state index is 12.0. The number of nitrogens with two attached hydrogens (primary N) is 1. The third-order valence-electron chi connectivity index (χ3n) is 2.21. The lowest BCUT2D eigenvalue weighted by atomic mass is 10.3. The average Bonchev–Trinajstić information content (AvgIpc) is 2.28. The third-order valence-corrected chi connectivity index (χ3v) is 2.21. The normalized spacial score (nSPS) is 11.3. The Morgan fingerprint density at radius 2 is 1.81 bits per heavy atom. The number of ether oxygens (including phenoxy) is 1. The van der Waals surface area contributed by atoms with Crippen LogP contribution in [0.25, 0.3) is 0 Å². The van der Waals surface area contributed by atoms with E-state index in [1.807, 2.05) is 0 Å². The summed E-state index contributed by atoms with van der Waals surface area (Å²) >= 11 is 0. The van der Waals surface area contributed by atoms with Gasteiger partial charge in [-0.1, -0.05) is 0 Å². The number of hydrogen-bond donors (Lipinski definition) is 2. The molecule has 0 bridgehead atoms. The summed E-state index contributed by atoms with van der Waals surface area (Å²) in [7, 11) is 1.53. The molecule has 1 aromatic rings. The summed E-state index contributed by atoms with van der Waals surface area (Å²) in [5, 5.41) is 2.47. The first-order chi connectivity index (χ1) is 9.65. The molecule has 0 aliphatic rings. The zero-order chi connectivity index (χ0) is 16.0. The lowest BCUT2D eigenvalue weighted by molar-refractivity contribution is -0.274. The van der Waals surface area contributed by atoms with Crippen LogP contribution in [-0.4, -0.2) is 43.2 Å². The van der Waals surface area contributed by atoms with Crippen LogP contribution in [-0.2, 0) is 9.59 Å². The van der Waals surface area contributed by atoms with Crippen LogP contribution < -0.4 is 15.8 Å². The number of anilines is 1. The Hall–Kier alpha value is -2.29. The van der Waals surface area contributed by atoms with Crippen molar-refractivity contribution in [2.24, 2.45) is 5.73 Å². The van der Waals surface area contributed by atoms with Crippen molar-refractivity contribution in [3.05, 3.63) is 24.3 Å². The zero-order valence-electron chi connectivity index (χ0n) is 11.1. The molecule has 6 nitrogen and oxygen atoms in total. The van der Waals surface area contributed by atoms with E-state index < -0.39 is 18.2 Å². The van der Waals surface area contributed by atoms with E-state index in [1.165, 1.54) is 24.1 Å². The molecular formula is C12H14F3N3O3. The molecule has 3 N–H and O–H groups in total. The molecule has 9 heteroatoms. The van der Waals surface area contributed by atoms with Crippen molar-refractivity contribution in [3.8, 4) is 5.75 Å². The number of alkyl halides is 3. The van der Waals surface area contributed by atoms with Gasteiger partial charge in [0.25, 0.3) is 0 Å². The number of nitrogens with one attached hydrogen (secondary N) is 1. The fourth-order valence-electron chi connectivity index (χ4n) is 1.51. The Bertz CT molecular complexity index is 503. The molecule has 0 aromatic heterocycles. The Morgan fingerprint density at radius 1 is 1.24 bits per heavy atom. The first kappa shape index (κ1) is 16.8. The van der Waals surface area contributed by atoms with Gasteiger partial charge in [-0.25, -0.2) is 0 Å². The van der Waals surface area contributed by atoms with Crippen molar-refractivity contribution in [2.75, 3.05) is 25.5 Å². The number of amides is 2. The van der Waals surface area contributed by atoms with Gasteiger partial charge < -0.3 is 15.8 Å². The second-order valence-corrected chi connectivity index (χ2v) is 4.26. The van der Waals surface area contributed by atoms with E-state index in [9.17, 15) is 22.8 Å². The Morgan fingerprint density at radius 3 is 2.29 bits per heavy atom. The quantitative estimate of drug-likeness (QED) is 0.819. The van der Waals surface area contributed by atoms with Crippen molar-refractivity contribution < 1.29 is 27.5 Å². The van der Waals surface area contributed by atoms with Crippen molar-refractivity contribution in [1.29, 1.82) is 0 Å². The van der Waals surface area contributed by atoms with Gasteiger partial charge in [-0.05, 0) is 31.3 Å². The Labute approximate surface area is 118 Å². The maximum Gasteiger partial charge on any atom is 0.573 e. The lowest BCUT2D eigenvalue weighted by Crippen LogP contribution is -2.36. The molecule has 0 spiro atoms. The standard InChI is InChI=1S/C12H14F3N3O3/c1-18(6-10(16)19)7-11(20)17-8-2-4-9(5-3-8)21-12(13,14)15/h2-5H,6-7H2,1H3,(H2,16,19)(H,17,20). The molecule has 0 saturated heterocycles. The van der Waals surface area contributed by atoms with Gasteiger partial charge in [0.05, 0.1) is 13.1 Å². The molecule has 0 radical (unpaired) electrons. The van der Waals surface area contributed by atoms with Crippen LogP contribution in [0.2, 0.25) is 0 Å². The van der Waals surface area contributed by atoms with Gasteiger partial charge in [0.2, 0.25) is 11.8 Å². The van der Waals surface area contributed by atoms with Gasteiger partial charge in [-0.2, -0.15) is 0 Å². The number of primary amides is 1. The number of carbonyl (C=O) groups is 2.